The Kier molecular flexibility index (Phi) is 8.48. The highest BCUT2D eigenvalue weighted by molar-refractivity contribution is 5.83. The van der Waals surface area contributed by atoms with Crippen molar-refractivity contribution in [1.29, 1.82) is 0 Å². The Hall–Kier alpha value is -1.87. The van der Waals surface area contributed by atoms with Gasteiger partial charge in [0.25, 0.3) is 5.91 Å². The van der Waals surface area contributed by atoms with Crippen LogP contribution in [0.1, 0.15) is 26.7 Å². The molecule has 1 aliphatic heterocycles. The Bertz CT molecular complexity index is 443. The second kappa shape index (κ2) is 10.1. The SMILES string of the molecule is CC(C)COCCNC(=O)C(O)C(C[C@@H]1CCNC1=O)OC(N)=O. The molecule has 3 amide bonds. The Labute approximate surface area is 141 Å². The first-order chi connectivity index (χ1) is 11.3. The summed E-state index contributed by atoms with van der Waals surface area (Å²) in [5.41, 5.74) is 4.98. The molecule has 1 fully saturated rings. The molecule has 24 heavy (non-hydrogen) atoms. The van der Waals surface area contributed by atoms with Gasteiger partial charge in [-0.3, -0.25) is 9.59 Å². The molecule has 1 aliphatic rings. The molecule has 9 heteroatoms. The van der Waals surface area contributed by atoms with Gasteiger partial charge in [0.05, 0.1) is 6.61 Å². The van der Waals surface area contributed by atoms with Gasteiger partial charge in [0.1, 0.15) is 6.10 Å². The van der Waals surface area contributed by atoms with E-state index in [4.69, 9.17) is 15.2 Å². The average Bonchev–Trinajstić information content (AvgIpc) is 2.89. The van der Waals surface area contributed by atoms with Crippen LogP contribution in [0.5, 0.6) is 0 Å². The van der Waals surface area contributed by atoms with Crippen molar-refractivity contribution in [3.63, 3.8) is 0 Å². The number of nitrogens with two attached hydrogens (primary N) is 1. The van der Waals surface area contributed by atoms with Gasteiger partial charge in [-0.25, -0.2) is 4.79 Å². The summed E-state index contributed by atoms with van der Waals surface area (Å²) in [5.74, 6) is -0.932. The fourth-order valence-corrected chi connectivity index (χ4v) is 2.38. The molecule has 0 aromatic rings. The van der Waals surface area contributed by atoms with Crippen molar-refractivity contribution in [3.05, 3.63) is 0 Å². The van der Waals surface area contributed by atoms with Crippen molar-refractivity contribution < 1.29 is 29.0 Å². The predicted octanol–water partition coefficient (Wildman–Crippen LogP) is -0.874. The predicted molar refractivity (Wildman–Crippen MR) is 84.9 cm³/mol. The number of aliphatic hydroxyl groups is 1. The molecule has 5 N–H and O–H groups in total. The number of primary amides is 1. The number of hydrogen-bond acceptors (Lipinski definition) is 6. The van der Waals surface area contributed by atoms with Crippen molar-refractivity contribution >= 4 is 17.9 Å². The summed E-state index contributed by atoms with van der Waals surface area (Å²) in [7, 11) is 0. The van der Waals surface area contributed by atoms with E-state index in [1.807, 2.05) is 13.8 Å². The van der Waals surface area contributed by atoms with E-state index in [1.54, 1.807) is 0 Å². The number of amides is 3. The Morgan fingerprint density at radius 3 is 2.71 bits per heavy atom. The summed E-state index contributed by atoms with van der Waals surface area (Å²) in [4.78, 5) is 34.6. The molecule has 0 aliphatic carbocycles. The van der Waals surface area contributed by atoms with Crippen molar-refractivity contribution in [2.45, 2.75) is 38.9 Å². The number of nitrogens with one attached hydrogen (secondary N) is 2. The van der Waals surface area contributed by atoms with Gasteiger partial charge in [-0.2, -0.15) is 0 Å². The molecule has 0 radical (unpaired) electrons. The lowest BCUT2D eigenvalue weighted by atomic mass is 9.96. The minimum Gasteiger partial charge on any atom is -0.443 e. The maximum absolute atomic E-state index is 12.0. The first-order valence-electron chi connectivity index (χ1n) is 8.08. The van der Waals surface area contributed by atoms with Crippen LogP contribution in [0.25, 0.3) is 0 Å². The number of carbonyl (C=O) groups is 3. The number of aliphatic hydroxyl groups excluding tert-OH is 1. The van der Waals surface area contributed by atoms with Gasteiger partial charge in [-0.05, 0) is 18.8 Å². The average molecular weight is 345 g/mol. The Balaban J connectivity index is 2.46. The summed E-state index contributed by atoms with van der Waals surface area (Å²) in [6.07, 6.45) is -3.29. The van der Waals surface area contributed by atoms with Crippen LogP contribution in [-0.2, 0) is 19.1 Å². The largest absolute Gasteiger partial charge is 0.443 e. The van der Waals surface area contributed by atoms with Crippen LogP contribution in [0, 0.1) is 11.8 Å². The summed E-state index contributed by atoms with van der Waals surface area (Å²) in [6, 6.07) is 0. The molecule has 3 atom stereocenters. The second-order valence-electron chi connectivity index (χ2n) is 6.19. The molecule has 0 saturated carbocycles. The van der Waals surface area contributed by atoms with Crippen molar-refractivity contribution in [2.24, 2.45) is 17.6 Å². The van der Waals surface area contributed by atoms with Gasteiger partial charge >= 0.3 is 6.09 Å². The van der Waals surface area contributed by atoms with Crippen LogP contribution in [0.4, 0.5) is 4.79 Å². The maximum atomic E-state index is 12.0. The highest BCUT2D eigenvalue weighted by atomic mass is 16.6. The molecule has 0 spiro atoms. The number of rotatable bonds is 10. The van der Waals surface area contributed by atoms with E-state index < -0.39 is 30.1 Å². The third-order valence-electron chi connectivity index (χ3n) is 3.56. The van der Waals surface area contributed by atoms with Gasteiger partial charge in [0.15, 0.2) is 6.10 Å². The van der Waals surface area contributed by atoms with E-state index in [2.05, 4.69) is 10.6 Å². The minimum absolute atomic E-state index is 0.0349. The minimum atomic E-state index is -1.60. The van der Waals surface area contributed by atoms with E-state index in [0.29, 0.717) is 32.1 Å². The standard InChI is InChI=1S/C15H27N3O6/c1-9(2)8-23-6-5-18-14(21)12(19)11(24-15(16)22)7-10-3-4-17-13(10)20/h9-12,19H,3-8H2,1-2H3,(H2,16,22)(H,17,20)(H,18,21)/t10-,11?,12?/m0/s1. The lowest BCUT2D eigenvalue weighted by Crippen LogP contribution is -2.46. The maximum Gasteiger partial charge on any atom is 0.404 e. The third kappa shape index (κ3) is 7.14. The van der Waals surface area contributed by atoms with E-state index in [0.717, 1.165) is 0 Å². The summed E-state index contributed by atoms with van der Waals surface area (Å²) >= 11 is 0. The topological polar surface area (TPSA) is 140 Å². The highest BCUT2D eigenvalue weighted by Gasteiger charge is 2.35. The van der Waals surface area contributed by atoms with Gasteiger partial charge < -0.3 is 30.9 Å². The van der Waals surface area contributed by atoms with Crippen LogP contribution in [0.2, 0.25) is 0 Å². The zero-order valence-corrected chi connectivity index (χ0v) is 14.1. The van der Waals surface area contributed by atoms with Crippen molar-refractivity contribution in [2.75, 3.05) is 26.3 Å². The van der Waals surface area contributed by atoms with Gasteiger partial charge in [0, 0.05) is 25.6 Å². The van der Waals surface area contributed by atoms with E-state index in [9.17, 15) is 19.5 Å². The van der Waals surface area contributed by atoms with Gasteiger partial charge in [-0.1, -0.05) is 13.8 Å². The molecule has 138 valence electrons. The lowest BCUT2D eigenvalue weighted by molar-refractivity contribution is -0.137. The molecule has 0 aromatic heterocycles. The van der Waals surface area contributed by atoms with E-state index in [1.165, 1.54) is 0 Å². The third-order valence-corrected chi connectivity index (χ3v) is 3.56. The molecule has 0 bridgehead atoms. The molecule has 1 rings (SSSR count). The van der Waals surface area contributed by atoms with Gasteiger partial charge in [-0.15, -0.1) is 0 Å². The molecule has 2 unspecified atom stereocenters. The molecular weight excluding hydrogens is 318 g/mol. The van der Waals surface area contributed by atoms with Crippen LogP contribution < -0.4 is 16.4 Å². The zero-order valence-electron chi connectivity index (χ0n) is 14.1. The summed E-state index contributed by atoms with van der Waals surface area (Å²) < 4.78 is 10.1. The zero-order chi connectivity index (χ0) is 18.1. The fraction of sp³-hybridized carbons (Fsp3) is 0.800. The number of carbonyl (C=O) groups excluding carboxylic acids is 3. The number of hydrogen-bond donors (Lipinski definition) is 4. The van der Waals surface area contributed by atoms with Crippen LogP contribution in [0.3, 0.4) is 0 Å². The van der Waals surface area contributed by atoms with Crippen LogP contribution in [-0.4, -0.2) is 61.5 Å². The highest BCUT2D eigenvalue weighted by Crippen LogP contribution is 2.20. The molecular formula is C15H27N3O6. The smallest absolute Gasteiger partial charge is 0.404 e. The van der Waals surface area contributed by atoms with Crippen LogP contribution >= 0.6 is 0 Å². The molecule has 1 saturated heterocycles. The number of ether oxygens (including phenoxy) is 2. The van der Waals surface area contributed by atoms with Crippen molar-refractivity contribution in [3.8, 4) is 0 Å². The van der Waals surface area contributed by atoms with E-state index >= 15 is 0 Å². The summed E-state index contributed by atoms with van der Waals surface area (Å²) in [5, 5.41) is 15.2. The van der Waals surface area contributed by atoms with E-state index in [-0.39, 0.29) is 18.9 Å². The molecule has 0 aromatic carbocycles. The fourth-order valence-electron chi connectivity index (χ4n) is 2.38. The molecule has 1 heterocycles. The molecule has 9 nitrogen and oxygen atoms in total. The summed E-state index contributed by atoms with van der Waals surface area (Å²) in [6.45, 7) is 5.63. The Morgan fingerprint density at radius 1 is 1.46 bits per heavy atom. The van der Waals surface area contributed by atoms with Gasteiger partial charge in [0.2, 0.25) is 5.91 Å². The Morgan fingerprint density at radius 2 is 2.17 bits per heavy atom. The first kappa shape index (κ1) is 20.2. The van der Waals surface area contributed by atoms with Crippen LogP contribution in [0.15, 0.2) is 0 Å². The second-order valence-corrected chi connectivity index (χ2v) is 6.19. The quantitative estimate of drug-likeness (QED) is 0.379. The van der Waals surface area contributed by atoms with Crippen molar-refractivity contribution in [1.82, 2.24) is 10.6 Å². The monoisotopic (exact) mass is 345 g/mol. The normalized spacial score (nSPS) is 19.7. The lowest BCUT2D eigenvalue weighted by Gasteiger charge is -2.23. The first-order valence-corrected chi connectivity index (χ1v) is 8.08.